The Morgan fingerprint density at radius 1 is 1.02 bits per heavy atom. The van der Waals surface area contributed by atoms with Gasteiger partial charge in [-0.25, -0.2) is 10.4 Å². The van der Waals surface area contributed by atoms with E-state index in [2.05, 4.69) is 31.4 Å². The minimum atomic E-state index is -0.336. The molecule has 0 unspecified atom stereocenters. The van der Waals surface area contributed by atoms with E-state index in [0.717, 1.165) is 32.9 Å². The lowest BCUT2D eigenvalue weighted by molar-refractivity contribution is -0.118. The fraction of sp³-hybridized carbons (Fsp3) is 0.290. The van der Waals surface area contributed by atoms with Gasteiger partial charge in [-0.1, -0.05) is 81.4 Å². The molecule has 0 saturated heterocycles. The van der Waals surface area contributed by atoms with Crippen molar-refractivity contribution in [1.29, 1.82) is 0 Å². The second-order valence-electron chi connectivity index (χ2n) is 11.6. The molecule has 0 bridgehead atoms. The van der Waals surface area contributed by atoms with Gasteiger partial charge in [0.15, 0.2) is 5.16 Å². The van der Waals surface area contributed by atoms with E-state index in [-0.39, 0.29) is 33.8 Å². The van der Waals surface area contributed by atoms with Gasteiger partial charge in [0, 0.05) is 15.6 Å². The molecule has 1 heterocycles. The number of carbonyl (C=O) groups excluding carboxylic acids is 1. The van der Waals surface area contributed by atoms with Crippen LogP contribution in [0.2, 0.25) is 0 Å². The van der Waals surface area contributed by atoms with Gasteiger partial charge in [-0.05, 0) is 64.9 Å². The van der Waals surface area contributed by atoms with Crippen LogP contribution >= 0.6 is 27.7 Å². The number of fused-ring (bicyclic) bond motifs is 1. The van der Waals surface area contributed by atoms with E-state index >= 15 is 0 Å². The first-order valence-corrected chi connectivity index (χ1v) is 14.6. The zero-order chi connectivity index (χ0) is 29.2. The SMILES string of the molecule is CC(C)(C)c1cc(C=NNC(=O)CSc2nc3ccccc3c(=O)n2-c2ccc(Br)cc2)cc(C(C)(C)C)c1O. The van der Waals surface area contributed by atoms with Crippen molar-refractivity contribution in [2.75, 3.05) is 5.75 Å². The van der Waals surface area contributed by atoms with Crippen LogP contribution in [-0.2, 0) is 15.6 Å². The monoisotopic (exact) mass is 620 g/mol. The van der Waals surface area contributed by atoms with Crippen LogP contribution in [0.4, 0.5) is 0 Å². The van der Waals surface area contributed by atoms with Crippen LogP contribution in [0, 0.1) is 0 Å². The Balaban J connectivity index is 1.56. The molecule has 0 atom stereocenters. The third kappa shape index (κ3) is 6.64. The van der Waals surface area contributed by atoms with Crippen LogP contribution in [0.25, 0.3) is 16.6 Å². The van der Waals surface area contributed by atoms with Crippen LogP contribution in [-0.4, -0.2) is 32.5 Å². The molecule has 0 aliphatic rings. The number of amides is 1. The largest absolute Gasteiger partial charge is 0.507 e. The normalized spacial score (nSPS) is 12.3. The molecule has 7 nitrogen and oxygen atoms in total. The first-order valence-electron chi connectivity index (χ1n) is 12.9. The van der Waals surface area contributed by atoms with E-state index < -0.39 is 0 Å². The summed E-state index contributed by atoms with van der Waals surface area (Å²) < 4.78 is 2.41. The molecule has 4 aromatic rings. The molecule has 208 valence electrons. The van der Waals surface area contributed by atoms with Crippen LogP contribution < -0.4 is 11.0 Å². The number of para-hydroxylation sites is 1. The van der Waals surface area contributed by atoms with Crippen molar-refractivity contribution in [3.05, 3.63) is 92.2 Å². The van der Waals surface area contributed by atoms with E-state index in [4.69, 9.17) is 0 Å². The average molecular weight is 622 g/mol. The van der Waals surface area contributed by atoms with E-state index in [9.17, 15) is 14.7 Å². The smallest absolute Gasteiger partial charge is 0.266 e. The van der Waals surface area contributed by atoms with E-state index in [1.54, 1.807) is 24.4 Å². The Labute approximate surface area is 246 Å². The molecule has 0 spiro atoms. The summed E-state index contributed by atoms with van der Waals surface area (Å²) in [7, 11) is 0. The van der Waals surface area contributed by atoms with E-state index in [0.29, 0.717) is 21.7 Å². The number of hydrogen-bond donors (Lipinski definition) is 2. The Hall–Kier alpha value is -3.43. The molecule has 3 aromatic carbocycles. The standard InChI is InChI=1S/C31H33BrN4O3S/c1-30(2,3)23-15-19(16-24(27(23)38)31(4,5)6)17-33-35-26(37)18-40-29-34-25-10-8-7-9-22(25)28(39)36(29)21-13-11-20(32)12-14-21/h7-17,38H,18H2,1-6H3,(H,35,37). The van der Waals surface area contributed by atoms with Gasteiger partial charge in [-0.2, -0.15) is 5.10 Å². The molecular weight excluding hydrogens is 588 g/mol. The van der Waals surface area contributed by atoms with Crippen LogP contribution in [0.5, 0.6) is 5.75 Å². The second kappa shape index (κ2) is 11.6. The van der Waals surface area contributed by atoms with Gasteiger partial charge < -0.3 is 5.11 Å². The minimum Gasteiger partial charge on any atom is -0.507 e. The topological polar surface area (TPSA) is 96.6 Å². The molecule has 4 rings (SSSR count). The lowest BCUT2D eigenvalue weighted by Gasteiger charge is -2.27. The lowest BCUT2D eigenvalue weighted by Crippen LogP contribution is -2.24. The minimum absolute atomic E-state index is 0.00864. The highest BCUT2D eigenvalue weighted by atomic mass is 79.9. The van der Waals surface area contributed by atoms with Crippen LogP contribution in [0.3, 0.4) is 0 Å². The zero-order valence-corrected chi connectivity index (χ0v) is 25.9. The number of halogens is 1. The summed E-state index contributed by atoms with van der Waals surface area (Å²) >= 11 is 4.59. The van der Waals surface area contributed by atoms with Crippen molar-refractivity contribution in [1.82, 2.24) is 15.0 Å². The number of phenols is 1. The number of nitrogens with zero attached hydrogens (tertiary/aromatic N) is 3. The summed E-state index contributed by atoms with van der Waals surface area (Å²) in [5.41, 5.74) is 5.46. The molecule has 0 aliphatic heterocycles. The number of hydrazone groups is 1. The third-order valence-electron chi connectivity index (χ3n) is 6.31. The Bertz CT molecular complexity index is 1610. The maximum Gasteiger partial charge on any atom is 0.266 e. The molecule has 40 heavy (non-hydrogen) atoms. The number of benzene rings is 3. The average Bonchev–Trinajstić information content (AvgIpc) is 2.88. The number of nitrogens with one attached hydrogen (secondary N) is 1. The van der Waals surface area contributed by atoms with Gasteiger partial charge in [-0.3, -0.25) is 14.2 Å². The van der Waals surface area contributed by atoms with Gasteiger partial charge in [0.1, 0.15) is 5.75 Å². The maximum atomic E-state index is 13.4. The quantitative estimate of drug-likeness (QED) is 0.108. The predicted octanol–water partition coefficient (Wildman–Crippen LogP) is 6.69. The Morgan fingerprint density at radius 3 is 2.23 bits per heavy atom. The third-order valence-corrected chi connectivity index (χ3v) is 7.78. The van der Waals surface area contributed by atoms with Gasteiger partial charge in [-0.15, -0.1) is 0 Å². The Kier molecular flexibility index (Phi) is 8.56. The number of aromatic nitrogens is 2. The highest BCUT2D eigenvalue weighted by molar-refractivity contribution is 9.10. The van der Waals surface area contributed by atoms with Crippen LogP contribution in [0.15, 0.2) is 80.2 Å². The van der Waals surface area contributed by atoms with Crippen molar-refractivity contribution in [3.8, 4) is 11.4 Å². The summed E-state index contributed by atoms with van der Waals surface area (Å²) in [6.07, 6.45) is 1.58. The van der Waals surface area contributed by atoms with E-state index in [1.165, 1.54) is 4.57 Å². The first kappa shape index (κ1) is 29.6. The molecule has 2 N–H and O–H groups in total. The molecule has 1 amide bonds. The molecule has 9 heteroatoms. The van der Waals surface area contributed by atoms with Crippen molar-refractivity contribution in [3.63, 3.8) is 0 Å². The molecule has 0 fully saturated rings. The first-order chi connectivity index (χ1) is 18.8. The summed E-state index contributed by atoms with van der Waals surface area (Å²) in [5, 5.41) is 16.0. The number of hydrogen-bond acceptors (Lipinski definition) is 6. The number of aromatic hydroxyl groups is 1. The van der Waals surface area contributed by atoms with Crippen molar-refractivity contribution in [2.24, 2.45) is 5.10 Å². The highest BCUT2D eigenvalue weighted by Gasteiger charge is 2.26. The zero-order valence-electron chi connectivity index (χ0n) is 23.4. The summed E-state index contributed by atoms with van der Waals surface area (Å²) in [6.45, 7) is 12.3. The van der Waals surface area contributed by atoms with Gasteiger partial charge >= 0.3 is 0 Å². The molecular formula is C31H33BrN4O3S. The fourth-order valence-electron chi connectivity index (χ4n) is 4.24. The molecule has 0 saturated carbocycles. The van der Waals surface area contributed by atoms with Crippen molar-refractivity contribution >= 4 is 50.7 Å². The van der Waals surface area contributed by atoms with Gasteiger partial charge in [0.25, 0.3) is 11.5 Å². The second-order valence-corrected chi connectivity index (χ2v) is 13.4. The summed E-state index contributed by atoms with van der Waals surface area (Å²) in [5.74, 6) is -0.0384. The summed E-state index contributed by atoms with van der Waals surface area (Å²) in [4.78, 5) is 30.8. The number of rotatable bonds is 6. The van der Waals surface area contributed by atoms with Gasteiger partial charge in [0.05, 0.1) is 28.6 Å². The number of carbonyl (C=O) groups is 1. The maximum absolute atomic E-state index is 13.4. The molecule has 0 aliphatic carbocycles. The fourth-order valence-corrected chi connectivity index (χ4v) is 5.31. The lowest BCUT2D eigenvalue weighted by atomic mass is 9.78. The highest BCUT2D eigenvalue weighted by Crippen LogP contribution is 2.39. The van der Waals surface area contributed by atoms with Crippen LogP contribution in [0.1, 0.15) is 58.2 Å². The molecule has 1 aromatic heterocycles. The summed E-state index contributed by atoms with van der Waals surface area (Å²) in [6, 6.07) is 18.3. The predicted molar refractivity (Wildman–Crippen MR) is 167 cm³/mol. The Morgan fingerprint density at radius 2 is 1.62 bits per heavy atom. The number of thioether (sulfide) groups is 1. The van der Waals surface area contributed by atoms with E-state index in [1.807, 2.05) is 84.0 Å². The van der Waals surface area contributed by atoms with Crippen molar-refractivity contribution in [2.45, 2.75) is 57.5 Å². The van der Waals surface area contributed by atoms with Crippen molar-refractivity contribution < 1.29 is 9.90 Å². The molecule has 0 radical (unpaired) electrons. The number of phenolic OH excluding ortho intramolecular Hbond substituents is 1. The van der Waals surface area contributed by atoms with Gasteiger partial charge in [0.2, 0.25) is 0 Å².